The maximum atomic E-state index is 13.9. The lowest BCUT2D eigenvalue weighted by molar-refractivity contribution is -0.193. The molecule has 1 aromatic carbocycles. The first-order valence-electron chi connectivity index (χ1n) is 13.1. The molecule has 0 spiro atoms. The number of anilines is 1. The fraction of sp³-hybridized carbons (Fsp3) is 0.370. The molecule has 4 aromatic rings. The average molecular weight is 649 g/mol. The van der Waals surface area contributed by atoms with Crippen LogP contribution < -0.4 is 10.1 Å². The minimum absolute atomic E-state index is 0.0226. The summed E-state index contributed by atoms with van der Waals surface area (Å²) in [4.78, 5) is 22.3. The molecule has 3 heterocycles. The van der Waals surface area contributed by atoms with Gasteiger partial charge in [-0.2, -0.15) is 36.5 Å². The number of carboxylic acids is 2. The minimum atomic E-state index is -5.08. The van der Waals surface area contributed by atoms with Crippen LogP contribution in [-0.2, 0) is 16.6 Å². The van der Waals surface area contributed by atoms with E-state index in [2.05, 4.69) is 21.5 Å². The smallest absolute Gasteiger partial charge is 0.487 e. The predicted molar refractivity (Wildman–Crippen MR) is 145 cm³/mol. The highest BCUT2D eigenvalue weighted by Crippen LogP contribution is 2.38. The molecule has 1 aliphatic rings. The largest absolute Gasteiger partial charge is 0.490 e. The van der Waals surface area contributed by atoms with Crippen LogP contribution in [0.15, 0.2) is 48.9 Å². The molecule has 11 nitrogen and oxygen atoms in total. The minimum Gasteiger partial charge on any atom is -0.487 e. The quantitative estimate of drug-likeness (QED) is 0.232. The molecule has 5 rings (SSSR count). The number of nitrogens with one attached hydrogen (secondary N) is 1. The van der Waals surface area contributed by atoms with E-state index in [1.807, 2.05) is 31.2 Å². The van der Waals surface area contributed by atoms with Gasteiger partial charge in [0.05, 0.1) is 35.9 Å². The van der Waals surface area contributed by atoms with E-state index in [1.165, 1.54) is 6.07 Å². The number of hydrogen-bond acceptors (Lipinski definition) is 7. The van der Waals surface area contributed by atoms with Gasteiger partial charge in [-0.05, 0) is 43.9 Å². The van der Waals surface area contributed by atoms with Crippen LogP contribution in [0.5, 0.6) is 5.75 Å². The van der Waals surface area contributed by atoms with Gasteiger partial charge in [0.25, 0.3) is 0 Å². The standard InChI is InChI=1S/C23H25FN6O.2C2HF3O2/c1-25-22-11-18-20(13-26-22)30(16-12-27-29(2)14-16)28-23(18)15-7-9-17(10-8-15)31-21-6-4-3-5-19(21)24;2*3-2(4,5)1(6)7/h3-6,11-15,17H,7-10H2,1-2H3,(H,25,26);2*(H,6,7). The van der Waals surface area contributed by atoms with Gasteiger partial charge in [0, 0.05) is 25.4 Å². The number of pyridine rings is 1. The van der Waals surface area contributed by atoms with Crippen LogP contribution in [-0.4, -0.2) is 72.2 Å². The second-order valence-electron chi connectivity index (χ2n) is 9.63. The van der Waals surface area contributed by atoms with Gasteiger partial charge in [0.2, 0.25) is 0 Å². The number of aromatic nitrogens is 5. The van der Waals surface area contributed by atoms with Crippen LogP contribution in [0.2, 0.25) is 0 Å². The number of ether oxygens (including phenoxy) is 1. The van der Waals surface area contributed by atoms with Gasteiger partial charge in [0.15, 0.2) is 11.6 Å². The first-order chi connectivity index (χ1) is 21.0. The number of carbonyl (C=O) groups is 2. The molecule has 0 saturated heterocycles. The third-order valence-corrected chi connectivity index (χ3v) is 6.46. The summed E-state index contributed by atoms with van der Waals surface area (Å²) in [6.07, 6.45) is -0.922. The molecule has 0 atom stereocenters. The summed E-state index contributed by atoms with van der Waals surface area (Å²) in [5, 5.41) is 27.7. The van der Waals surface area contributed by atoms with E-state index in [1.54, 1.807) is 29.1 Å². The molecular weight excluding hydrogens is 621 g/mol. The van der Waals surface area contributed by atoms with Crippen molar-refractivity contribution in [2.24, 2.45) is 7.05 Å². The van der Waals surface area contributed by atoms with Crippen molar-refractivity contribution in [3.63, 3.8) is 0 Å². The number of carboxylic acid groups (broad SMARTS) is 2. The van der Waals surface area contributed by atoms with Gasteiger partial charge < -0.3 is 20.3 Å². The number of rotatable bonds is 5. The summed E-state index contributed by atoms with van der Waals surface area (Å²) in [6.45, 7) is 0. The van der Waals surface area contributed by atoms with Crippen molar-refractivity contribution in [3.05, 3.63) is 60.4 Å². The molecule has 45 heavy (non-hydrogen) atoms. The average Bonchev–Trinajstić information content (AvgIpc) is 3.57. The van der Waals surface area contributed by atoms with Crippen LogP contribution in [0.3, 0.4) is 0 Å². The molecule has 244 valence electrons. The zero-order chi connectivity index (χ0) is 33.5. The highest BCUT2D eigenvalue weighted by molar-refractivity contribution is 5.85. The summed E-state index contributed by atoms with van der Waals surface area (Å²) in [7, 11) is 3.76. The molecular formula is C27H27F7N6O5. The maximum absolute atomic E-state index is 13.9. The molecule has 0 unspecified atom stereocenters. The number of halogens is 7. The lowest BCUT2D eigenvalue weighted by Crippen LogP contribution is -2.24. The van der Waals surface area contributed by atoms with E-state index < -0.39 is 24.3 Å². The van der Waals surface area contributed by atoms with Crippen LogP contribution in [0.4, 0.5) is 36.6 Å². The van der Waals surface area contributed by atoms with Crippen molar-refractivity contribution in [1.29, 1.82) is 0 Å². The van der Waals surface area contributed by atoms with E-state index >= 15 is 0 Å². The Morgan fingerprint density at radius 3 is 2.04 bits per heavy atom. The summed E-state index contributed by atoms with van der Waals surface area (Å²) in [5.41, 5.74) is 2.95. The Hall–Kier alpha value is -4.90. The van der Waals surface area contributed by atoms with Crippen molar-refractivity contribution in [2.75, 3.05) is 12.4 Å². The first-order valence-corrected chi connectivity index (χ1v) is 13.1. The predicted octanol–water partition coefficient (Wildman–Crippen LogP) is 5.71. The number of nitrogens with zero attached hydrogens (tertiary/aromatic N) is 5. The Bertz CT molecular complexity index is 1590. The van der Waals surface area contributed by atoms with E-state index in [4.69, 9.17) is 29.6 Å². The molecule has 0 radical (unpaired) electrons. The van der Waals surface area contributed by atoms with Crippen LogP contribution in [0.25, 0.3) is 16.6 Å². The number of benzene rings is 1. The van der Waals surface area contributed by atoms with Gasteiger partial charge in [-0.15, -0.1) is 0 Å². The number of para-hydroxylation sites is 1. The Labute approximate surface area is 250 Å². The maximum Gasteiger partial charge on any atom is 0.490 e. The molecule has 0 aliphatic heterocycles. The molecule has 0 bridgehead atoms. The van der Waals surface area contributed by atoms with Gasteiger partial charge >= 0.3 is 24.3 Å². The van der Waals surface area contributed by atoms with E-state index in [0.29, 0.717) is 11.7 Å². The number of aryl methyl sites for hydroxylation is 1. The Kier molecular flexibility index (Phi) is 11.0. The summed E-state index contributed by atoms with van der Waals surface area (Å²) in [5.74, 6) is -4.36. The SMILES string of the molecule is CNc1cc2c(C3CCC(Oc4ccccc4F)CC3)nn(-c3cnn(C)c3)c2cn1.O=C(O)C(F)(F)F.O=C(O)C(F)(F)F. The highest BCUT2D eigenvalue weighted by Gasteiger charge is 2.39. The summed E-state index contributed by atoms with van der Waals surface area (Å²) >= 11 is 0. The van der Waals surface area contributed by atoms with E-state index in [9.17, 15) is 30.7 Å². The van der Waals surface area contributed by atoms with E-state index in [-0.39, 0.29) is 11.9 Å². The molecule has 0 amide bonds. The second-order valence-corrected chi connectivity index (χ2v) is 9.63. The lowest BCUT2D eigenvalue weighted by Gasteiger charge is -2.28. The van der Waals surface area contributed by atoms with Crippen LogP contribution in [0, 0.1) is 5.82 Å². The van der Waals surface area contributed by atoms with Crippen LogP contribution >= 0.6 is 0 Å². The van der Waals surface area contributed by atoms with E-state index in [0.717, 1.165) is 53.8 Å². The van der Waals surface area contributed by atoms with Gasteiger partial charge in [-0.3, -0.25) is 4.68 Å². The Morgan fingerprint density at radius 1 is 0.978 bits per heavy atom. The summed E-state index contributed by atoms with van der Waals surface area (Å²) in [6, 6.07) is 8.67. The van der Waals surface area contributed by atoms with Crippen molar-refractivity contribution < 1.29 is 55.3 Å². The lowest BCUT2D eigenvalue weighted by atomic mass is 9.84. The van der Waals surface area contributed by atoms with Crippen molar-refractivity contribution in [3.8, 4) is 11.4 Å². The summed E-state index contributed by atoms with van der Waals surface area (Å²) < 4.78 is 87.0. The molecule has 1 fully saturated rings. The fourth-order valence-electron chi connectivity index (χ4n) is 4.36. The number of alkyl halides is 6. The second kappa shape index (κ2) is 14.3. The monoisotopic (exact) mass is 648 g/mol. The third kappa shape index (κ3) is 9.29. The third-order valence-electron chi connectivity index (χ3n) is 6.46. The highest BCUT2D eigenvalue weighted by atomic mass is 19.4. The van der Waals surface area contributed by atoms with Crippen LogP contribution in [0.1, 0.15) is 37.3 Å². The Morgan fingerprint density at radius 2 is 1.56 bits per heavy atom. The zero-order valence-electron chi connectivity index (χ0n) is 23.6. The number of hydrogen-bond donors (Lipinski definition) is 3. The molecule has 1 aliphatic carbocycles. The number of fused-ring (bicyclic) bond motifs is 1. The van der Waals surface area contributed by atoms with Gasteiger partial charge in [0.1, 0.15) is 11.5 Å². The normalized spacial score (nSPS) is 16.6. The van der Waals surface area contributed by atoms with Crippen molar-refractivity contribution >= 4 is 28.7 Å². The number of aliphatic carboxylic acids is 2. The fourth-order valence-corrected chi connectivity index (χ4v) is 4.36. The van der Waals surface area contributed by atoms with Gasteiger partial charge in [-0.1, -0.05) is 12.1 Å². The zero-order valence-corrected chi connectivity index (χ0v) is 23.6. The topological polar surface area (TPSA) is 144 Å². The molecule has 18 heteroatoms. The van der Waals surface area contributed by atoms with Crippen molar-refractivity contribution in [1.82, 2.24) is 24.5 Å². The first kappa shape index (κ1) is 34.6. The molecule has 1 saturated carbocycles. The van der Waals surface area contributed by atoms with Crippen molar-refractivity contribution in [2.45, 2.75) is 50.1 Å². The Balaban J connectivity index is 0.000000331. The molecule has 3 aromatic heterocycles. The van der Waals surface area contributed by atoms with Gasteiger partial charge in [-0.25, -0.2) is 23.6 Å². The molecule has 3 N–H and O–H groups in total.